The zero-order valence-corrected chi connectivity index (χ0v) is 25.7. The van der Waals surface area contributed by atoms with Gasteiger partial charge in [-0.15, -0.1) is 0 Å². The molecule has 0 radical (unpaired) electrons. The Balaban J connectivity index is 1.83. The number of nitrogens with one attached hydrogen (secondary N) is 2. The van der Waals surface area contributed by atoms with Crippen molar-refractivity contribution in [1.29, 1.82) is 0 Å². The van der Waals surface area contributed by atoms with Crippen LogP contribution in [-0.4, -0.2) is 84.2 Å². The van der Waals surface area contributed by atoms with Gasteiger partial charge in [0.05, 0.1) is 24.0 Å². The monoisotopic (exact) mass is 618 g/mol. The van der Waals surface area contributed by atoms with Gasteiger partial charge in [0.2, 0.25) is 17.7 Å². The highest BCUT2D eigenvalue weighted by Crippen LogP contribution is 2.15. The van der Waals surface area contributed by atoms with Crippen molar-refractivity contribution < 1.29 is 19.2 Å². The zero-order valence-electron chi connectivity index (χ0n) is 25.7. The summed E-state index contributed by atoms with van der Waals surface area (Å²) in [5, 5.41) is 6.37. The number of fused-ring (bicyclic) bond motifs is 1. The first-order valence-corrected chi connectivity index (χ1v) is 15.4. The van der Waals surface area contributed by atoms with Crippen LogP contribution in [-0.2, 0) is 32.0 Å². The molecule has 0 fully saturated rings. The predicted octanol–water partition coefficient (Wildman–Crippen LogP) is 0.151. The van der Waals surface area contributed by atoms with Crippen molar-refractivity contribution in [2.24, 2.45) is 22.9 Å². The molecule has 0 spiro atoms. The summed E-state index contributed by atoms with van der Waals surface area (Å²) in [7, 11) is 0. The van der Waals surface area contributed by atoms with Gasteiger partial charge in [-0.25, -0.2) is 0 Å². The van der Waals surface area contributed by atoms with Crippen LogP contribution in [0.25, 0.3) is 10.9 Å². The van der Waals surface area contributed by atoms with E-state index in [1.807, 2.05) is 60.7 Å². The number of pyridine rings is 1. The molecule has 1 aromatic heterocycles. The quantitative estimate of drug-likeness (QED) is 0.108. The molecule has 0 saturated heterocycles. The maximum Gasteiger partial charge on any atom is 0.243 e. The SMILES string of the molecule is NCCC[C@H](N)C(=O)N[C@@H](CC(=O)N(CCN)CCN)C(=O)N[C@@H](CCc1ccccc1)C(=O)Cc1cnc2ccccc2c1. The van der Waals surface area contributed by atoms with Crippen LogP contribution in [0.2, 0.25) is 0 Å². The summed E-state index contributed by atoms with van der Waals surface area (Å²) in [6, 6.07) is 16.0. The van der Waals surface area contributed by atoms with E-state index in [0.717, 1.165) is 16.5 Å². The van der Waals surface area contributed by atoms with Crippen LogP contribution < -0.4 is 33.6 Å². The lowest BCUT2D eigenvalue weighted by atomic mass is 9.97. The summed E-state index contributed by atoms with van der Waals surface area (Å²) in [6.45, 7) is 1.25. The second-order valence-corrected chi connectivity index (χ2v) is 11.0. The van der Waals surface area contributed by atoms with E-state index < -0.39 is 35.8 Å². The minimum atomic E-state index is -1.28. The van der Waals surface area contributed by atoms with Crippen LogP contribution in [0.15, 0.2) is 66.9 Å². The van der Waals surface area contributed by atoms with Crippen LogP contribution in [0.5, 0.6) is 0 Å². The van der Waals surface area contributed by atoms with Crippen LogP contribution >= 0.6 is 0 Å². The molecule has 3 atom stereocenters. The minimum absolute atomic E-state index is 0.0399. The number of carbonyl (C=O) groups excluding carboxylic acids is 4. The first kappa shape index (κ1) is 35.3. The Kier molecular flexibility index (Phi) is 14.5. The summed E-state index contributed by atoms with van der Waals surface area (Å²) < 4.78 is 0. The molecule has 0 saturated carbocycles. The molecule has 0 aliphatic rings. The number of rotatable bonds is 19. The standard InChI is InChI=1S/C33H46N8O4/c34-14-6-10-26(37)32(44)40-29(21-31(43)41(17-15-35)18-16-36)33(45)39-28(13-12-23-7-2-1-3-8-23)30(42)20-24-19-25-9-4-5-11-27(25)38-22-24/h1-5,7-9,11,19,22,26,28-29H,6,10,12-18,20-21,34-37H2,(H,39,45)(H,40,44)/t26-,28-,29-/m0/s1. The molecular weight excluding hydrogens is 572 g/mol. The van der Waals surface area contributed by atoms with Gasteiger partial charge in [0.1, 0.15) is 6.04 Å². The van der Waals surface area contributed by atoms with Crippen molar-refractivity contribution in [2.45, 2.75) is 56.7 Å². The molecule has 12 heteroatoms. The average Bonchev–Trinajstić information content (AvgIpc) is 3.05. The van der Waals surface area contributed by atoms with Crippen molar-refractivity contribution in [2.75, 3.05) is 32.7 Å². The summed E-state index contributed by atoms with van der Waals surface area (Å²) in [5.41, 5.74) is 25.5. The Morgan fingerprint density at radius 3 is 2.13 bits per heavy atom. The van der Waals surface area contributed by atoms with E-state index in [9.17, 15) is 19.2 Å². The fraction of sp³-hybridized carbons (Fsp3) is 0.424. The summed E-state index contributed by atoms with van der Waals surface area (Å²) in [5.74, 6) is -1.88. The molecule has 3 rings (SSSR count). The summed E-state index contributed by atoms with van der Waals surface area (Å²) in [4.78, 5) is 59.5. The zero-order chi connectivity index (χ0) is 32.6. The van der Waals surface area contributed by atoms with E-state index in [0.29, 0.717) is 37.8 Å². The van der Waals surface area contributed by atoms with Crippen molar-refractivity contribution >= 4 is 34.4 Å². The number of aromatic nitrogens is 1. The van der Waals surface area contributed by atoms with E-state index in [2.05, 4.69) is 15.6 Å². The first-order valence-electron chi connectivity index (χ1n) is 15.4. The molecular formula is C33H46N8O4. The highest BCUT2D eigenvalue weighted by molar-refractivity contribution is 5.96. The molecule has 3 amide bonds. The molecule has 10 N–H and O–H groups in total. The molecule has 45 heavy (non-hydrogen) atoms. The number of amides is 3. The number of nitrogens with zero attached hydrogens (tertiary/aromatic N) is 2. The Hall–Kier alpha value is -4.23. The number of Topliss-reactive ketones (excluding diaryl/α,β-unsaturated/α-hetero) is 1. The number of carbonyl (C=O) groups is 4. The lowest BCUT2D eigenvalue weighted by Crippen LogP contribution is -2.56. The topological polar surface area (TPSA) is 213 Å². The van der Waals surface area contributed by atoms with Gasteiger partial charge < -0.3 is 38.5 Å². The van der Waals surface area contributed by atoms with Crippen LogP contribution in [0.3, 0.4) is 0 Å². The number of ketones is 1. The molecule has 0 aliphatic heterocycles. The number of hydrogen-bond acceptors (Lipinski definition) is 9. The Bertz CT molecular complexity index is 1400. The lowest BCUT2D eigenvalue weighted by Gasteiger charge is -2.27. The van der Waals surface area contributed by atoms with Crippen molar-refractivity contribution in [3.8, 4) is 0 Å². The maximum atomic E-state index is 13.8. The van der Waals surface area contributed by atoms with Gasteiger partial charge in [0.15, 0.2) is 5.78 Å². The Morgan fingerprint density at radius 1 is 0.778 bits per heavy atom. The molecule has 0 bridgehead atoms. The largest absolute Gasteiger partial charge is 0.344 e. The molecule has 0 unspecified atom stereocenters. The van der Waals surface area contributed by atoms with Crippen LogP contribution in [0.4, 0.5) is 0 Å². The Labute approximate surface area is 264 Å². The normalized spacial score (nSPS) is 13.1. The predicted molar refractivity (Wildman–Crippen MR) is 175 cm³/mol. The van der Waals surface area contributed by atoms with Gasteiger partial charge in [0, 0.05) is 44.2 Å². The minimum Gasteiger partial charge on any atom is -0.344 e. The van der Waals surface area contributed by atoms with Crippen LogP contribution in [0, 0.1) is 0 Å². The molecule has 3 aromatic rings. The third-order valence-corrected chi connectivity index (χ3v) is 7.51. The van der Waals surface area contributed by atoms with Crippen molar-refractivity contribution in [1.82, 2.24) is 20.5 Å². The van der Waals surface area contributed by atoms with E-state index >= 15 is 0 Å². The number of nitrogens with two attached hydrogens (primary N) is 4. The van der Waals surface area contributed by atoms with E-state index in [1.54, 1.807) is 6.20 Å². The lowest BCUT2D eigenvalue weighted by molar-refractivity contribution is -0.137. The molecule has 242 valence electrons. The van der Waals surface area contributed by atoms with Gasteiger partial charge in [-0.05, 0) is 55.5 Å². The van der Waals surface area contributed by atoms with Gasteiger partial charge in [-0.3, -0.25) is 24.2 Å². The van der Waals surface area contributed by atoms with Crippen molar-refractivity contribution in [3.05, 3.63) is 78.0 Å². The fourth-order valence-electron chi connectivity index (χ4n) is 5.01. The maximum absolute atomic E-state index is 13.8. The molecule has 0 aliphatic carbocycles. The molecule has 1 heterocycles. The van der Waals surface area contributed by atoms with Crippen LogP contribution in [0.1, 0.15) is 36.8 Å². The van der Waals surface area contributed by atoms with E-state index in [1.165, 1.54) is 4.90 Å². The second-order valence-electron chi connectivity index (χ2n) is 11.0. The van der Waals surface area contributed by atoms with Gasteiger partial charge >= 0.3 is 0 Å². The average molecular weight is 619 g/mol. The van der Waals surface area contributed by atoms with Gasteiger partial charge in [0.25, 0.3) is 0 Å². The number of aryl methyl sites for hydroxylation is 1. The fourth-order valence-corrected chi connectivity index (χ4v) is 5.01. The summed E-state index contributed by atoms with van der Waals surface area (Å²) in [6.07, 6.45) is 3.01. The number of hydrogen-bond donors (Lipinski definition) is 6. The number of para-hydroxylation sites is 1. The first-order chi connectivity index (χ1) is 21.7. The highest BCUT2D eigenvalue weighted by atomic mass is 16.2. The molecule has 12 nitrogen and oxygen atoms in total. The van der Waals surface area contributed by atoms with Gasteiger partial charge in [-0.1, -0.05) is 48.5 Å². The Morgan fingerprint density at radius 2 is 1.44 bits per heavy atom. The molecule has 2 aromatic carbocycles. The van der Waals surface area contributed by atoms with Crippen molar-refractivity contribution in [3.63, 3.8) is 0 Å². The third kappa shape index (κ3) is 11.3. The van der Waals surface area contributed by atoms with E-state index in [4.69, 9.17) is 22.9 Å². The third-order valence-electron chi connectivity index (χ3n) is 7.51. The van der Waals surface area contributed by atoms with E-state index in [-0.39, 0.29) is 44.8 Å². The highest BCUT2D eigenvalue weighted by Gasteiger charge is 2.31. The summed E-state index contributed by atoms with van der Waals surface area (Å²) >= 11 is 0. The van der Waals surface area contributed by atoms with Gasteiger partial charge in [-0.2, -0.15) is 0 Å². The number of benzene rings is 2. The smallest absolute Gasteiger partial charge is 0.243 e. The second kappa shape index (κ2) is 18.5.